The van der Waals surface area contributed by atoms with Crippen molar-refractivity contribution in [2.45, 2.75) is 0 Å². The Morgan fingerprint density at radius 3 is 1.79 bits per heavy atom. The third-order valence-corrected chi connectivity index (χ3v) is 8.67. The normalized spacial score (nSPS) is 14.7. The van der Waals surface area contributed by atoms with E-state index in [0.29, 0.717) is 28.3 Å². The Labute approximate surface area is 383 Å². The topological polar surface area (TPSA) is 264 Å². The summed E-state index contributed by atoms with van der Waals surface area (Å²) in [6, 6.07) is 22.5. The number of fused-ring (bicyclic) bond motifs is 1. The van der Waals surface area contributed by atoms with Crippen molar-refractivity contribution in [1.82, 2.24) is 0 Å². The molecule has 19 heteroatoms. The van der Waals surface area contributed by atoms with Crippen molar-refractivity contribution in [2.75, 3.05) is 27.2 Å². The Balaban J connectivity index is 0.00000348. The first kappa shape index (κ1) is 43.9. The van der Waals surface area contributed by atoms with E-state index in [1.165, 1.54) is 72.8 Å². The minimum atomic E-state index is -5.18. The second-order valence-corrected chi connectivity index (χ2v) is 12.9. The number of hydrazone groups is 2. The average molecular weight is 806 g/mol. The molecule has 56 heavy (non-hydrogen) atoms. The Hall–Kier alpha value is -4.86. The van der Waals surface area contributed by atoms with Crippen molar-refractivity contribution >= 4 is 85.4 Å². The van der Waals surface area contributed by atoms with Crippen molar-refractivity contribution in [2.24, 2.45) is 10.2 Å². The zero-order valence-electron chi connectivity index (χ0n) is 29.5. The van der Waals surface area contributed by atoms with Gasteiger partial charge in [-0.1, -0.05) is 0 Å². The van der Waals surface area contributed by atoms with E-state index < -0.39 is 55.7 Å². The number of nitrogens with zero attached hydrogens (tertiary/aromatic N) is 2. The van der Waals surface area contributed by atoms with Crippen LogP contribution in [0.25, 0.3) is 6.08 Å². The molecule has 0 saturated heterocycles. The number of amides is 2. The Kier molecular flexibility index (Phi) is 14.8. The summed E-state index contributed by atoms with van der Waals surface area (Å²) in [7, 11) is -5.18. The van der Waals surface area contributed by atoms with Crippen LogP contribution in [0.2, 0.25) is 0 Å². The number of carbonyl (C=O) groups is 5. The molecule has 0 saturated carbocycles. The number of carboxylic acid groups (broad SMARTS) is 1. The molecule has 0 unspecified atom stereocenters. The summed E-state index contributed by atoms with van der Waals surface area (Å²) in [6.07, 6.45) is 4.48. The number of nitrogens with one attached hydrogen (secondary N) is 4. The second kappa shape index (κ2) is 18.8. The molecule has 4 aromatic carbocycles. The van der Waals surface area contributed by atoms with Gasteiger partial charge in [-0.3, -0.25) is 30.0 Å². The van der Waals surface area contributed by atoms with Gasteiger partial charge in [-0.05, 0) is 121 Å². The minimum Gasteiger partial charge on any atom is -0.744 e. The van der Waals surface area contributed by atoms with Crippen LogP contribution in [-0.4, -0.2) is 53.7 Å². The van der Waals surface area contributed by atoms with Crippen LogP contribution in [0.5, 0.6) is 0 Å². The maximum absolute atomic E-state index is 13.4. The predicted octanol–water partition coefficient (Wildman–Crippen LogP) is -3.08. The first-order valence-electron chi connectivity index (χ1n) is 15.6. The van der Waals surface area contributed by atoms with E-state index in [-0.39, 0.29) is 109 Å². The largest absolute Gasteiger partial charge is 1.00 e. The van der Waals surface area contributed by atoms with Crippen LogP contribution in [0.1, 0.15) is 36.6 Å². The molecule has 4 aromatic rings. The van der Waals surface area contributed by atoms with E-state index in [4.69, 9.17) is 5.73 Å². The van der Waals surface area contributed by atoms with E-state index >= 15 is 0 Å². The molecule has 0 radical (unpaired) electrons. The van der Waals surface area contributed by atoms with E-state index in [2.05, 4.69) is 31.7 Å². The molecule has 6 rings (SSSR count). The van der Waals surface area contributed by atoms with Gasteiger partial charge in [-0.2, -0.15) is 10.2 Å². The number of aliphatic carboxylic acids is 1. The fraction of sp³-hybridized carbons (Fsp3) is 0. The van der Waals surface area contributed by atoms with E-state index in [0.717, 1.165) is 18.2 Å². The molecule has 6 N–H and O–H groups in total. The van der Waals surface area contributed by atoms with Crippen molar-refractivity contribution in [3.05, 3.63) is 142 Å². The van der Waals surface area contributed by atoms with Gasteiger partial charge in [-0.25, -0.2) is 8.42 Å². The molecule has 0 heterocycles. The molecule has 0 fully saturated rings. The number of rotatable bonds is 10. The summed E-state index contributed by atoms with van der Waals surface area (Å²) in [6.45, 7) is 0. The van der Waals surface area contributed by atoms with Gasteiger partial charge in [0.05, 0.1) is 28.0 Å². The second-order valence-electron chi connectivity index (χ2n) is 11.5. The summed E-state index contributed by atoms with van der Waals surface area (Å²) < 4.78 is 36.6. The molecular weight excluding hydrogens is 781 g/mol. The molecule has 2 aliphatic rings. The van der Waals surface area contributed by atoms with Crippen molar-refractivity contribution in [1.29, 1.82) is 0 Å². The molecule has 0 atom stereocenters. The SMILES string of the molecule is Nc1ccc(C(=O)Nc2ccc3c(c2)C=C(S(=O)(=O)[O-])/C(=N\Nc2ccc(NC(=O)c4ccc(N/N=C5/C=CC(=O)C(C(=O)[O-])=C5)cc4)cc2)C3=O)cc1.[K+].[Na+]. The van der Waals surface area contributed by atoms with Gasteiger partial charge in [0.25, 0.3) is 11.8 Å². The molecule has 2 aliphatic carbocycles. The summed E-state index contributed by atoms with van der Waals surface area (Å²) in [5, 5.41) is 24.4. The minimum absolute atomic E-state index is 0. The molecule has 0 spiro atoms. The maximum atomic E-state index is 13.4. The fourth-order valence-corrected chi connectivity index (χ4v) is 5.72. The number of carbonyl (C=O) groups excluding carboxylic acids is 5. The van der Waals surface area contributed by atoms with Crippen molar-refractivity contribution in [3.8, 4) is 0 Å². The maximum Gasteiger partial charge on any atom is 1.00 e. The zero-order chi connectivity index (χ0) is 38.6. The zero-order valence-corrected chi connectivity index (χ0v) is 35.5. The van der Waals surface area contributed by atoms with Crippen molar-refractivity contribution in [3.63, 3.8) is 0 Å². The molecular formula is C37H25KN7NaO9S. The number of nitrogens with two attached hydrogens (primary N) is 1. The summed E-state index contributed by atoms with van der Waals surface area (Å²) >= 11 is 0. The number of ketones is 2. The summed E-state index contributed by atoms with van der Waals surface area (Å²) in [5.41, 5.74) is 12.5. The molecule has 0 aromatic heterocycles. The first-order valence-corrected chi connectivity index (χ1v) is 17.0. The van der Waals surface area contributed by atoms with Gasteiger partial charge in [0, 0.05) is 39.3 Å². The van der Waals surface area contributed by atoms with E-state index in [9.17, 15) is 42.0 Å². The standard InChI is InChI=1S/C37H27N7O9S.K.Na/c38-23-5-1-20(2-6-23)36(48)40-27-13-15-29-22(17-27)18-32(54(51,52)53)33(34(29)46)44-42-26-11-9-24(10-12-26)39-35(47)21-3-7-25(8-4-21)41-43-28-14-16-31(45)30(19-28)37(49)50;;/h1-19,41-42H,38H2,(H,39,47)(H,40,48)(H,49,50)(H,51,52,53);;/q;2*+1/p-2/b43-28-,44-33+;;. The van der Waals surface area contributed by atoms with E-state index in [1.807, 2.05) is 0 Å². The third-order valence-electron chi connectivity index (χ3n) is 7.82. The molecule has 16 nitrogen and oxygen atoms in total. The Morgan fingerprint density at radius 1 is 0.679 bits per heavy atom. The molecule has 270 valence electrons. The molecule has 0 aliphatic heterocycles. The smallest absolute Gasteiger partial charge is 0.744 e. The molecule has 2 amide bonds. The summed E-state index contributed by atoms with van der Waals surface area (Å²) in [5.74, 6) is -4.09. The quantitative estimate of drug-likeness (QED) is 0.0267. The van der Waals surface area contributed by atoms with Crippen LogP contribution >= 0.6 is 0 Å². The number of hydrogen-bond acceptors (Lipinski definition) is 14. The van der Waals surface area contributed by atoms with Gasteiger partial charge in [-0.15, -0.1) is 0 Å². The van der Waals surface area contributed by atoms with Crippen LogP contribution in [-0.2, 0) is 19.7 Å². The van der Waals surface area contributed by atoms with E-state index in [1.54, 1.807) is 24.3 Å². The Morgan fingerprint density at radius 2 is 1.20 bits per heavy atom. The molecule has 0 bridgehead atoms. The number of Topliss-reactive ketones (excluding diaryl/α,β-unsaturated/α-hetero) is 1. The van der Waals surface area contributed by atoms with Gasteiger partial charge in [0.1, 0.15) is 15.8 Å². The number of anilines is 5. The van der Waals surface area contributed by atoms with Gasteiger partial charge >= 0.3 is 80.9 Å². The van der Waals surface area contributed by atoms with Crippen LogP contribution in [0, 0.1) is 0 Å². The van der Waals surface area contributed by atoms with Crippen LogP contribution < -0.4 is 113 Å². The predicted molar refractivity (Wildman–Crippen MR) is 197 cm³/mol. The van der Waals surface area contributed by atoms with Crippen LogP contribution in [0.4, 0.5) is 28.4 Å². The number of carboxylic acids is 1. The van der Waals surface area contributed by atoms with Gasteiger partial charge in [0.2, 0.25) is 5.78 Å². The average Bonchev–Trinajstić information content (AvgIpc) is 3.14. The monoisotopic (exact) mass is 805 g/mol. The van der Waals surface area contributed by atoms with Gasteiger partial charge in [0.15, 0.2) is 5.78 Å². The number of benzene rings is 4. The third kappa shape index (κ3) is 10.7. The van der Waals surface area contributed by atoms with Gasteiger partial charge < -0.3 is 30.8 Å². The fourth-order valence-electron chi connectivity index (χ4n) is 5.07. The first-order chi connectivity index (χ1) is 25.7. The number of nitrogen functional groups attached to an aromatic ring is 1. The number of hydrogen-bond donors (Lipinski definition) is 5. The Bertz CT molecular complexity index is 2520. The van der Waals surface area contributed by atoms with Crippen LogP contribution in [0.3, 0.4) is 0 Å². The van der Waals surface area contributed by atoms with Crippen LogP contribution in [0.15, 0.2) is 130 Å². The number of allylic oxidation sites excluding steroid dienone is 4. The summed E-state index contributed by atoms with van der Waals surface area (Å²) in [4.78, 5) is 60.6. The van der Waals surface area contributed by atoms with Crippen molar-refractivity contribution < 1.29 is 123 Å².